The number of carboxylic acid groups (broad SMARTS) is 1. The van der Waals surface area contributed by atoms with E-state index in [1.807, 2.05) is 0 Å². The number of rotatable bonds is 6. The molecule has 19 heavy (non-hydrogen) atoms. The van der Waals surface area contributed by atoms with Crippen LogP contribution in [0.4, 0.5) is 0 Å². The number of carbonyl (C=O) groups excluding carboxylic acids is 1. The smallest absolute Gasteiger partial charge is 0.305 e. The molecule has 0 aromatic heterocycles. The summed E-state index contributed by atoms with van der Waals surface area (Å²) < 4.78 is 22.9. The van der Waals surface area contributed by atoms with E-state index in [1.54, 1.807) is 6.92 Å². The highest BCUT2D eigenvalue weighted by molar-refractivity contribution is 7.91. The van der Waals surface area contributed by atoms with Crippen LogP contribution in [0.1, 0.15) is 19.8 Å². The van der Waals surface area contributed by atoms with Crippen molar-refractivity contribution < 1.29 is 23.1 Å². The molecule has 1 fully saturated rings. The maximum atomic E-state index is 12.0. The first-order valence-corrected chi connectivity index (χ1v) is 8.09. The first-order chi connectivity index (χ1) is 8.84. The number of aliphatic carboxylic acids is 1. The van der Waals surface area contributed by atoms with Crippen LogP contribution in [0.25, 0.3) is 0 Å². The minimum Gasteiger partial charge on any atom is -0.481 e. The van der Waals surface area contributed by atoms with E-state index in [9.17, 15) is 18.0 Å². The van der Waals surface area contributed by atoms with Gasteiger partial charge in [-0.05, 0) is 6.92 Å². The van der Waals surface area contributed by atoms with Gasteiger partial charge in [0.05, 0.1) is 17.9 Å². The summed E-state index contributed by atoms with van der Waals surface area (Å²) in [7, 11) is -3.06. The van der Waals surface area contributed by atoms with Crippen LogP contribution in [0, 0.1) is 0 Å². The Kier molecular flexibility index (Phi) is 5.74. The predicted octanol–water partition coefficient (Wildman–Crippen LogP) is -0.914. The molecule has 0 aromatic rings. The molecule has 0 saturated carbocycles. The number of carbonyl (C=O) groups is 2. The predicted molar refractivity (Wildman–Crippen MR) is 69.6 cm³/mol. The van der Waals surface area contributed by atoms with Gasteiger partial charge >= 0.3 is 5.97 Å². The second-order valence-corrected chi connectivity index (χ2v) is 6.82. The Morgan fingerprint density at radius 2 is 2.11 bits per heavy atom. The van der Waals surface area contributed by atoms with Crippen LogP contribution in [-0.4, -0.2) is 67.5 Å². The first kappa shape index (κ1) is 15.9. The van der Waals surface area contributed by atoms with E-state index < -0.39 is 15.8 Å². The highest BCUT2D eigenvalue weighted by atomic mass is 32.2. The van der Waals surface area contributed by atoms with Gasteiger partial charge < -0.3 is 15.3 Å². The molecule has 1 rings (SSSR count). The molecule has 8 heteroatoms. The first-order valence-electron chi connectivity index (χ1n) is 6.27. The largest absolute Gasteiger partial charge is 0.481 e. The zero-order valence-corrected chi connectivity index (χ0v) is 11.8. The summed E-state index contributed by atoms with van der Waals surface area (Å²) in [6.45, 7) is 2.71. The molecule has 1 heterocycles. The number of amides is 1. The molecule has 0 aliphatic carbocycles. The number of carboxylic acids is 1. The van der Waals surface area contributed by atoms with Crippen molar-refractivity contribution in [3.8, 4) is 0 Å². The second-order valence-electron chi connectivity index (χ2n) is 4.59. The molecule has 1 atom stereocenters. The molecule has 0 bridgehead atoms. The summed E-state index contributed by atoms with van der Waals surface area (Å²) >= 11 is 0. The Labute approximate surface area is 112 Å². The van der Waals surface area contributed by atoms with Crippen molar-refractivity contribution in [2.45, 2.75) is 25.8 Å². The summed E-state index contributed by atoms with van der Waals surface area (Å²) in [6, 6.07) is -0.370. The van der Waals surface area contributed by atoms with Crippen LogP contribution in [0.2, 0.25) is 0 Å². The topological polar surface area (TPSA) is 104 Å². The van der Waals surface area contributed by atoms with Gasteiger partial charge in [-0.1, -0.05) is 0 Å². The fourth-order valence-corrected chi connectivity index (χ4v) is 3.47. The number of hydrogen-bond donors (Lipinski definition) is 2. The van der Waals surface area contributed by atoms with Gasteiger partial charge in [-0.2, -0.15) is 0 Å². The zero-order chi connectivity index (χ0) is 14.5. The molecule has 7 nitrogen and oxygen atoms in total. The lowest BCUT2D eigenvalue weighted by Crippen LogP contribution is -2.48. The van der Waals surface area contributed by atoms with Gasteiger partial charge in [0.1, 0.15) is 0 Å². The van der Waals surface area contributed by atoms with E-state index in [0.717, 1.165) is 0 Å². The van der Waals surface area contributed by atoms with Gasteiger partial charge in [0, 0.05) is 32.1 Å². The van der Waals surface area contributed by atoms with Crippen molar-refractivity contribution in [3.05, 3.63) is 0 Å². The summed E-state index contributed by atoms with van der Waals surface area (Å²) in [4.78, 5) is 23.9. The van der Waals surface area contributed by atoms with Crippen LogP contribution >= 0.6 is 0 Å². The lowest BCUT2D eigenvalue weighted by molar-refractivity contribution is -0.138. The maximum absolute atomic E-state index is 12.0. The molecule has 2 N–H and O–H groups in total. The van der Waals surface area contributed by atoms with Crippen LogP contribution in [0.3, 0.4) is 0 Å². The molecular weight excluding hydrogens is 272 g/mol. The van der Waals surface area contributed by atoms with Gasteiger partial charge in [0.2, 0.25) is 5.91 Å². The Bertz CT molecular complexity index is 434. The molecule has 110 valence electrons. The lowest BCUT2D eigenvalue weighted by atomic mass is 10.2. The number of sulfone groups is 1. The fourth-order valence-electron chi connectivity index (χ4n) is 2.03. The third kappa shape index (κ3) is 5.56. The van der Waals surface area contributed by atoms with Crippen LogP contribution in [-0.2, 0) is 19.4 Å². The van der Waals surface area contributed by atoms with Gasteiger partial charge in [0.25, 0.3) is 0 Å². The summed E-state index contributed by atoms with van der Waals surface area (Å²) in [6.07, 6.45) is -0.0112. The molecule has 0 spiro atoms. The lowest BCUT2D eigenvalue weighted by Gasteiger charge is -2.26. The van der Waals surface area contributed by atoms with E-state index in [2.05, 4.69) is 5.32 Å². The normalized spacial score (nSPS) is 21.8. The number of nitrogens with zero attached hydrogens (tertiary/aromatic N) is 1. The van der Waals surface area contributed by atoms with Crippen molar-refractivity contribution in [3.63, 3.8) is 0 Å². The molecule has 1 saturated heterocycles. The minimum atomic E-state index is -3.06. The van der Waals surface area contributed by atoms with Crippen molar-refractivity contribution in [1.29, 1.82) is 0 Å². The Balaban J connectivity index is 2.50. The number of nitrogens with one attached hydrogen (secondary N) is 1. The van der Waals surface area contributed by atoms with E-state index in [0.29, 0.717) is 13.1 Å². The zero-order valence-electron chi connectivity index (χ0n) is 11.0. The van der Waals surface area contributed by atoms with E-state index in [-0.39, 0.29) is 42.8 Å². The quantitative estimate of drug-likeness (QED) is 0.656. The minimum absolute atomic E-state index is 0.0325. The third-order valence-corrected chi connectivity index (χ3v) is 4.79. The average molecular weight is 292 g/mol. The molecule has 0 radical (unpaired) electrons. The van der Waals surface area contributed by atoms with Gasteiger partial charge in [-0.3, -0.25) is 9.59 Å². The van der Waals surface area contributed by atoms with Crippen molar-refractivity contribution in [1.82, 2.24) is 10.2 Å². The second kappa shape index (κ2) is 6.85. The molecule has 0 aromatic carbocycles. The van der Waals surface area contributed by atoms with E-state index in [4.69, 9.17) is 5.11 Å². The summed E-state index contributed by atoms with van der Waals surface area (Å²) in [5.41, 5.74) is 0. The molecule has 1 aliphatic rings. The third-order valence-electron chi connectivity index (χ3n) is 3.05. The van der Waals surface area contributed by atoms with E-state index >= 15 is 0 Å². The molecular formula is C11H20N2O5S. The highest BCUT2D eigenvalue weighted by Crippen LogP contribution is 2.07. The summed E-state index contributed by atoms with van der Waals surface area (Å²) in [5, 5.41) is 11.6. The van der Waals surface area contributed by atoms with Gasteiger partial charge in [-0.15, -0.1) is 0 Å². The summed E-state index contributed by atoms with van der Waals surface area (Å²) in [5.74, 6) is -1.09. The molecule has 1 aliphatic heterocycles. The van der Waals surface area contributed by atoms with Crippen molar-refractivity contribution >= 4 is 21.7 Å². The SMILES string of the molecule is CCN(CCC(=O)O)C(=O)CC1CS(=O)(=O)CCN1. The Morgan fingerprint density at radius 3 is 2.63 bits per heavy atom. The van der Waals surface area contributed by atoms with Gasteiger partial charge in [-0.25, -0.2) is 8.42 Å². The number of hydrogen-bond acceptors (Lipinski definition) is 5. The Morgan fingerprint density at radius 1 is 1.42 bits per heavy atom. The van der Waals surface area contributed by atoms with Crippen LogP contribution in [0.15, 0.2) is 0 Å². The monoisotopic (exact) mass is 292 g/mol. The van der Waals surface area contributed by atoms with Crippen LogP contribution < -0.4 is 5.32 Å². The van der Waals surface area contributed by atoms with Crippen molar-refractivity contribution in [2.24, 2.45) is 0 Å². The van der Waals surface area contributed by atoms with Crippen LogP contribution in [0.5, 0.6) is 0 Å². The van der Waals surface area contributed by atoms with E-state index in [1.165, 1.54) is 4.90 Å². The highest BCUT2D eigenvalue weighted by Gasteiger charge is 2.27. The van der Waals surface area contributed by atoms with Crippen molar-refractivity contribution in [2.75, 3.05) is 31.1 Å². The Hall–Kier alpha value is -1.15. The standard InChI is InChI=1S/C11H20N2O5S/c1-2-13(5-3-11(15)16)10(14)7-9-8-19(17,18)6-4-12-9/h9,12H,2-8H2,1H3,(H,15,16). The maximum Gasteiger partial charge on any atom is 0.305 e. The fraction of sp³-hybridized carbons (Fsp3) is 0.818. The molecule has 1 unspecified atom stereocenters. The molecule has 1 amide bonds. The average Bonchev–Trinajstić information content (AvgIpc) is 2.27. The van der Waals surface area contributed by atoms with Gasteiger partial charge in [0.15, 0.2) is 9.84 Å².